The van der Waals surface area contributed by atoms with Crippen LogP contribution in [0.2, 0.25) is 5.02 Å². The summed E-state index contributed by atoms with van der Waals surface area (Å²) in [6.45, 7) is 6.45. The third-order valence-corrected chi connectivity index (χ3v) is 4.89. The lowest BCUT2D eigenvalue weighted by molar-refractivity contribution is 0.0752. The topological polar surface area (TPSA) is 28.5 Å². The van der Waals surface area contributed by atoms with E-state index in [9.17, 15) is 4.79 Å². The number of rotatable bonds is 3. The second-order valence-electron chi connectivity index (χ2n) is 6.36. The SMILES string of the molecule is CCn1cc(-c2ccc(Cl)cc2)cc1C(=O)N1CCCN(C)CC1. The van der Waals surface area contributed by atoms with Gasteiger partial charge in [0.05, 0.1) is 0 Å². The van der Waals surface area contributed by atoms with Gasteiger partial charge in [-0.25, -0.2) is 0 Å². The van der Waals surface area contributed by atoms with Gasteiger partial charge >= 0.3 is 0 Å². The lowest BCUT2D eigenvalue weighted by atomic mass is 10.1. The first-order valence-corrected chi connectivity index (χ1v) is 8.90. The van der Waals surface area contributed by atoms with Crippen molar-refractivity contribution in [3.8, 4) is 11.1 Å². The summed E-state index contributed by atoms with van der Waals surface area (Å²) in [4.78, 5) is 17.3. The van der Waals surface area contributed by atoms with E-state index in [1.807, 2.05) is 39.8 Å². The van der Waals surface area contributed by atoms with E-state index in [-0.39, 0.29) is 5.91 Å². The molecule has 0 unspecified atom stereocenters. The van der Waals surface area contributed by atoms with E-state index in [1.165, 1.54) is 0 Å². The molecular formula is C19H24ClN3O. The number of nitrogens with zero attached hydrogens (tertiary/aromatic N) is 3. The molecule has 128 valence electrons. The van der Waals surface area contributed by atoms with Crippen LogP contribution in [0.4, 0.5) is 0 Å². The molecule has 3 rings (SSSR count). The number of benzene rings is 1. The molecule has 1 amide bonds. The van der Waals surface area contributed by atoms with Crippen molar-refractivity contribution in [1.82, 2.24) is 14.4 Å². The maximum atomic E-state index is 13.0. The van der Waals surface area contributed by atoms with Crippen LogP contribution < -0.4 is 0 Å². The Hall–Kier alpha value is -1.78. The van der Waals surface area contributed by atoms with Crippen molar-refractivity contribution >= 4 is 17.5 Å². The lowest BCUT2D eigenvalue weighted by Gasteiger charge is -2.21. The Morgan fingerprint density at radius 1 is 1.08 bits per heavy atom. The van der Waals surface area contributed by atoms with Crippen LogP contribution in [0.15, 0.2) is 36.5 Å². The standard InChI is InChI=1S/C19H24ClN3O/c1-3-22-14-16(15-5-7-17(20)8-6-15)13-18(22)19(24)23-10-4-9-21(2)11-12-23/h5-8,13-14H,3-4,9-12H2,1-2H3. The highest BCUT2D eigenvalue weighted by Gasteiger charge is 2.22. The fourth-order valence-corrected chi connectivity index (χ4v) is 3.29. The van der Waals surface area contributed by atoms with Gasteiger partial charge in [0, 0.05) is 43.0 Å². The summed E-state index contributed by atoms with van der Waals surface area (Å²) in [5.41, 5.74) is 2.91. The van der Waals surface area contributed by atoms with Gasteiger partial charge in [-0.3, -0.25) is 4.79 Å². The average Bonchev–Trinajstić information content (AvgIpc) is 2.90. The second-order valence-corrected chi connectivity index (χ2v) is 6.79. The van der Waals surface area contributed by atoms with Gasteiger partial charge in [-0.1, -0.05) is 23.7 Å². The molecule has 1 aromatic carbocycles. The van der Waals surface area contributed by atoms with Gasteiger partial charge in [-0.05, 0) is 50.7 Å². The van der Waals surface area contributed by atoms with E-state index in [0.717, 1.165) is 61.0 Å². The Morgan fingerprint density at radius 2 is 1.83 bits per heavy atom. The van der Waals surface area contributed by atoms with Crippen molar-refractivity contribution < 1.29 is 4.79 Å². The van der Waals surface area contributed by atoms with Gasteiger partial charge < -0.3 is 14.4 Å². The Kier molecular flexibility index (Phi) is 5.27. The third-order valence-electron chi connectivity index (χ3n) is 4.64. The van der Waals surface area contributed by atoms with E-state index in [1.54, 1.807) is 0 Å². The molecule has 2 heterocycles. The summed E-state index contributed by atoms with van der Waals surface area (Å²) in [6.07, 6.45) is 3.08. The molecule has 2 aromatic rings. The molecule has 1 fully saturated rings. The summed E-state index contributed by atoms with van der Waals surface area (Å²) >= 11 is 5.97. The molecular weight excluding hydrogens is 322 g/mol. The normalized spacial score (nSPS) is 16.2. The van der Waals surface area contributed by atoms with Crippen LogP contribution in [-0.2, 0) is 6.54 Å². The predicted octanol–water partition coefficient (Wildman–Crippen LogP) is 3.61. The summed E-state index contributed by atoms with van der Waals surface area (Å²) in [5.74, 6) is 0.132. The highest BCUT2D eigenvalue weighted by Crippen LogP contribution is 2.25. The predicted molar refractivity (Wildman–Crippen MR) is 98.6 cm³/mol. The minimum absolute atomic E-state index is 0.132. The molecule has 1 saturated heterocycles. The lowest BCUT2D eigenvalue weighted by Crippen LogP contribution is -2.35. The van der Waals surface area contributed by atoms with E-state index in [4.69, 9.17) is 11.6 Å². The largest absolute Gasteiger partial charge is 0.343 e. The minimum atomic E-state index is 0.132. The van der Waals surface area contributed by atoms with Crippen molar-refractivity contribution in [2.75, 3.05) is 33.2 Å². The molecule has 0 radical (unpaired) electrons. The Labute approximate surface area is 148 Å². The highest BCUT2D eigenvalue weighted by molar-refractivity contribution is 6.30. The quantitative estimate of drug-likeness (QED) is 0.850. The molecule has 1 aromatic heterocycles. The number of halogens is 1. The monoisotopic (exact) mass is 345 g/mol. The third kappa shape index (κ3) is 3.65. The van der Waals surface area contributed by atoms with Crippen LogP contribution in [0.3, 0.4) is 0 Å². The van der Waals surface area contributed by atoms with Crippen LogP contribution in [0.5, 0.6) is 0 Å². The van der Waals surface area contributed by atoms with Crippen molar-refractivity contribution in [3.63, 3.8) is 0 Å². The molecule has 0 aliphatic carbocycles. The van der Waals surface area contributed by atoms with Gasteiger partial charge in [0.25, 0.3) is 5.91 Å². The molecule has 24 heavy (non-hydrogen) atoms. The molecule has 0 atom stereocenters. The van der Waals surface area contributed by atoms with E-state index >= 15 is 0 Å². The molecule has 4 nitrogen and oxygen atoms in total. The Morgan fingerprint density at radius 3 is 2.54 bits per heavy atom. The van der Waals surface area contributed by atoms with Crippen LogP contribution in [0, 0.1) is 0 Å². The fourth-order valence-electron chi connectivity index (χ4n) is 3.16. The number of aryl methyl sites for hydroxylation is 1. The fraction of sp³-hybridized carbons (Fsp3) is 0.421. The first kappa shape index (κ1) is 17.1. The second kappa shape index (κ2) is 7.41. The zero-order chi connectivity index (χ0) is 17.1. The number of likely N-dealkylation sites (N-methyl/N-ethyl adjacent to an activating group) is 1. The molecule has 0 saturated carbocycles. The van der Waals surface area contributed by atoms with E-state index in [2.05, 4.69) is 25.1 Å². The first-order valence-electron chi connectivity index (χ1n) is 8.52. The summed E-state index contributed by atoms with van der Waals surface area (Å²) in [5, 5.41) is 0.721. The van der Waals surface area contributed by atoms with Gasteiger partial charge in [0.15, 0.2) is 0 Å². The Balaban J connectivity index is 1.87. The van der Waals surface area contributed by atoms with Gasteiger partial charge in [-0.15, -0.1) is 0 Å². The van der Waals surface area contributed by atoms with Crippen LogP contribution in [0.25, 0.3) is 11.1 Å². The minimum Gasteiger partial charge on any atom is -0.343 e. The van der Waals surface area contributed by atoms with Crippen LogP contribution in [0.1, 0.15) is 23.8 Å². The van der Waals surface area contributed by atoms with E-state index < -0.39 is 0 Å². The number of carbonyl (C=O) groups excluding carboxylic acids is 1. The van der Waals surface area contributed by atoms with Gasteiger partial charge in [-0.2, -0.15) is 0 Å². The first-order chi connectivity index (χ1) is 11.6. The van der Waals surface area contributed by atoms with Gasteiger partial charge in [0.2, 0.25) is 0 Å². The number of aromatic nitrogens is 1. The van der Waals surface area contributed by atoms with E-state index in [0.29, 0.717) is 0 Å². The zero-order valence-corrected chi connectivity index (χ0v) is 15.1. The molecule has 1 aliphatic heterocycles. The number of amides is 1. The molecule has 1 aliphatic rings. The van der Waals surface area contributed by atoms with Crippen molar-refractivity contribution in [1.29, 1.82) is 0 Å². The number of hydrogen-bond donors (Lipinski definition) is 0. The van der Waals surface area contributed by atoms with Crippen molar-refractivity contribution in [3.05, 3.63) is 47.2 Å². The van der Waals surface area contributed by atoms with Gasteiger partial charge in [0.1, 0.15) is 5.69 Å². The molecule has 0 bridgehead atoms. The van der Waals surface area contributed by atoms with Crippen LogP contribution in [-0.4, -0.2) is 53.5 Å². The van der Waals surface area contributed by atoms with Crippen LogP contribution >= 0.6 is 11.6 Å². The molecule has 0 spiro atoms. The Bertz CT molecular complexity index is 708. The molecule has 0 N–H and O–H groups in total. The molecule has 5 heteroatoms. The number of hydrogen-bond acceptors (Lipinski definition) is 2. The smallest absolute Gasteiger partial charge is 0.270 e. The number of carbonyl (C=O) groups is 1. The zero-order valence-electron chi connectivity index (χ0n) is 14.3. The average molecular weight is 346 g/mol. The maximum Gasteiger partial charge on any atom is 0.270 e. The summed E-state index contributed by atoms with van der Waals surface area (Å²) in [7, 11) is 2.11. The van der Waals surface area contributed by atoms with Crippen molar-refractivity contribution in [2.24, 2.45) is 0 Å². The van der Waals surface area contributed by atoms with Crippen molar-refractivity contribution in [2.45, 2.75) is 19.9 Å². The summed E-state index contributed by atoms with van der Waals surface area (Å²) in [6, 6.07) is 9.75. The maximum absolute atomic E-state index is 13.0. The summed E-state index contributed by atoms with van der Waals surface area (Å²) < 4.78 is 2.04. The highest BCUT2D eigenvalue weighted by atomic mass is 35.5.